The van der Waals surface area contributed by atoms with Gasteiger partial charge in [0.05, 0.1) is 10.9 Å². The highest BCUT2D eigenvalue weighted by Gasteiger charge is 2.12. The van der Waals surface area contributed by atoms with Crippen LogP contribution >= 0.6 is 11.8 Å². The number of rotatable bonds is 3. The van der Waals surface area contributed by atoms with Crippen LogP contribution < -0.4 is 0 Å². The van der Waals surface area contributed by atoms with Gasteiger partial charge in [0.15, 0.2) is 0 Å². The number of hydrogen-bond acceptors (Lipinski definition) is 4. The summed E-state index contributed by atoms with van der Waals surface area (Å²) in [6.07, 6.45) is 1.58. The van der Waals surface area contributed by atoms with Gasteiger partial charge in [-0.05, 0) is 20.8 Å². The number of carbonyl (C=O) groups excluding carboxylic acids is 1. The van der Waals surface area contributed by atoms with E-state index in [0.717, 1.165) is 5.69 Å². The highest BCUT2D eigenvalue weighted by atomic mass is 32.2. The van der Waals surface area contributed by atoms with Crippen LogP contribution in [-0.4, -0.2) is 16.0 Å². The van der Waals surface area contributed by atoms with Gasteiger partial charge in [0.1, 0.15) is 12.0 Å². The summed E-state index contributed by atoms with van der Waals surface area (Å²) in [6, 6.07) is 0. The first kappa shape index (κ1) is 9.32. The molecular weight excluding hydrogens is 174 g/mol. The van der Waals surface area contributed by atoms with Crippen LogP contribution in [0, 0.1) is 6.92 Å². The molecule has 1 aromatic rings. The van der Waals surface area contributed by atoms with Crippen LogP contribution in [-0.2, 0) is 4.79 Å². The lowest BCUT2D eigenvalue weighted by Gasteiger charge is -2.01. The third-order valence-electron chi connectivity index (χ3n) is 1.45. The van der Waals surface area contributed by atoms with Crippen molar-refractivity contribution in [1.82, 2.24) is 4.98 Å². The Kier molecular flexibility index (Phi) is 2.92. The van der Waals surface area contributed by atoms with Crippen molar-refractivity contribution in [3.05, 3.63) is 12.0 Å². The minimum atomic E-state index is -0.0805. The Balaban J connectivity index is 2.58. The number of ketones is 1. The summed E-state index contributed by atoms with van der Waals surface area (Å²) in [6.45, 7) is 5.26. The van der Waals surface area contributed by atoms with Gasteiger partial charge in [0.2, 0.25) is 0 Å². The quantitative estimate of drug-likeness (QED) is 0.676. The molecule has 0 saturated heterocycles. The second kappa shape index (κ2) is 3.76. The number of Topliss-reactive ketones (excluding diaryl/α,β-unsaturated/α-hetero) is 1. The molecule has 0 amide bonds. The van der Waals surface area contributed by atoms with E-state index in [-0.39, 0.29) is 11.0 Å². The van der Waals surface area contributed by atoms with Gasteiger partial charge >= 0.3 is 0 Å². The third kappa shape index (κ3) is 2.37. The molecule has 0 aliphatic carbocycles. The number of thioether (sulfide) groups is 1. The number of carbonyl (C=O) groups is 1. The van der Waals surface area contributed by atoms with Gasteiger partial charge in [-0.15, -0.1) is 0 Å². The normalized spacial score (nSPS) is 12.9. The molecule has 0 aliphatic rings. The lowest BCUT2D eigenvalue weighted by molar-refractivity contribution is -0.116. The predicted octanol–water partition coefficient (Wildman–Crippen LogP) is 2.05. The van der Waals surface area contributed by atoms with Crippen molar-refractivity contribution in [2.45, 2.75) is 31.2 Å². The van der Waals surface area contributed by atoms with E-state index in [2.05, 4.69) is 4.98 Å². The minimum Gasteiger partial charge on any atom is -0.440 e. The maximum absolute atomic E-state index is 10.9. The molecule has 1 atom stereocenters. The zero-order valence-electron chi connectivity index (χ0n) is 7.33. The second-order valence-electron chi connectivity index (χ2n) is 2.63. The fourth-order valence-corrected chi connectivity index (χ4v) is 1.39. The summed E-state index contributed by atoms with van der Waals surface area (Å²) >= 11 is 1.35. The first-order valence-electron chi connectivity index (χ1n) is 3.69. The molecule has 0 aromatic carbocycles. The fraction of sp³-hybridized carbons (Fsp3) is 0.500. The molecule has 1 rings (SSSR count). The Hall–Kier alpha value is -0.770. The van der Waals surface area contributed by atoms with Gasteiger partial charge in [0.25, 0.3) is 5.22 Å². The minimum absolute atomic E-state index is 0.0805. The summed E-state index contributed by atoms with van der Waals surface area (Å²) in [5.41, 5.74) is 0.841. The van der Waals surface area contributed by atoms with Crippen molar-refractivity contribution >= 4 is 17.5 Å². The van der Waals surface area contributed by atoms with Crippen LogP contribution in [0.4, 0.5) is 0 Å². The average Bonchev–Trinajstić information content (AvgIpc) is 2.35. The van der Waals surface area contributed by atoms with Crippen LogP contribution in [0.3, 0.4) is 0 Å². The molecule has 66 valence electrons. The first-order valence-corrected chi connectivity index (χ1v) is 4.57. The van der Waals surface area contributed by atoms with Gasteiger partial charge in [-0.2, -0.15) is 0 Å². The summed E-state index contributed by atoms with van der Waals surface area (Å²) < 4.78 is 5.08. The summed E-state index contributed by atoms with van der Waals surface area (Å²) in [7, 11) is 0. The van der Waals surface area contributed by atoms with E-state index in [1.165, 1.54) is 11.8 Å². The van der Waals surface area contributed by atoms with Gasteiger partial charge in [-0.3, -0.25) is 4.79 Å². The maximum atomic E-state index is 10.9. The Morgan fingerprint density at radius 1 is 1.75 bits per heavy atom. The molecule has 4 heteroatoms. The van der Waals surface area contributed by atoms with E-state index in [9.17, 15) is 4.79 Å². The first-order chi connectivity index (χ1) is 5.59. The lowest BCUT2D eigenvalue weighted by Crippen LogP contribution is -2.07. The van der Waals surface area contributed by atoms with Crippen molar-refractivity contribution in [3.8, 4) is 0 Å². The van der Waals surface area contributed by atoms with E-state index < -0.39 is 0 Å². The fourth-order valence-electron chi connectivity index (χ4n) is 0.621. The van der Waals surface area contributed by atoms with Gasteiger partial charge in [0, 0.05) is 0 Å². The molecule has 0 spiro atoms. The Morgan fingerprint density at radius 3 is 2.83 bits per heavy atom. The second-order valence-corrected chi connectivity index (χ2v) is 3.92. The van der Waals surface area contributed by atoms with E-state index in [1.807, 2.05) is 13.8 Å². The molecule has 3 nitrogen and oxygen atoms in total. The molecule has 0 N–H and O–H groups in total. The third-order valence-corrected chi connectivity index (χ3v) is 2.52. The molecule has 0 aliphatic heterocycles. The van der Waals surface area contributed by atoms with E-state index >= 15 is 0 Å². The molecule has 1 heterocycles. The van der Waals surface area contributed by atoms with Crippen LogP contribution in [0.1, 0.15) is 19.5 Å². The zero-order chi connectivity index (χ0) is 9.14. The summed E-state index contributed by atoms with van der Waals surface area (Å²) in [5, 5.41) is 0.484. The van der Waals surface area contributed by atoms with Crippen molar-refractivity contribution < 1.29 is 9.21 Å². The van der Waals surface area contributed by atoms with Crippen molar-refractivity contribution in [2.24, 2.45) is 0 Å². The number of aromatic nitrogens is 1. The van der Waals surface area contributed by atoms with Crippen LogP contribution in [0.5, 0.6) is 0 Å². The monoisotopic (exact) mass is 185 g/mol. The van der Waals surface area contributed by atoms with Crippen molar-refractivity contribution in [1.29, 1.82) is 0 Å². The predicted molar refractivity (Wildman–Crippen MR) is 47.2 cm³/mol. The topological polar surface area (TPSA) is 43.1 Å². The standard InChI is InChI=1S/C8H11NO2S/c1-5-4-11-8(9-5)12-7(3)6(2)10/h4,7H,1-3H3. The van der Waals surface area contributed by atoms with Crippen LogP contribution in [0.15, 0.2) is 15.9 Å². The Morgan fingerprint density at radius 2 is 2.42 bits per heavy atom. The zero-order valence-corrected chi connectivity index (χ0v) is 8.14. The molecule has 0 bridgehead atoms. The number of aryl methyl sites for hydroxylation is 1. The molecule has 0 radical (unpaired) electrons. The molecule has 1 aromatic heterocycles. The van der Waals surface area contributed by atoms with E-state index in [4.69, 9.17) is 4.42 Å². The van der Waals surface area contributed by atoms with Gasteiger partial charge < -0.3 is 4.42 Å². The summed E-state index contributed by atoms with van der Waals surface area (Å²) in [4.78, 5) is 14.9. The van der Waals surface area contributed by atoms with Crippen molar-refractivity contribution in [3.63, 3.8) is 0 Å². The van der Waals surface area contributed by atoms with E-state index in [1.54, 1.807) is 13.2 Å². The van der Waals surface area contributed by atoms with E-state index in [0.29, 0.717) is 5.22 Å². The van der Waals surface area contributed by atoms with Crippen molar-refractivity contribution in [2.75, 3.05) is 0 Å². The number of nitrogens with zero attached hydrogens (tertiary/aromatic N) is 1. The highest BCUT2D eigenvalue weighted by Crippen LogP contribution is 2.22. The SMILES string of the molecule is CC(=O)C(C)Sc1nc(C)co1. The van der Waals surface area contributed by atoms with Crippen LogP contribution in [0.2, 0.25) is 0 Å². The smallest absolute Gasteiger partial charge is 0.256 e. The number of hydrogen-bond donors (Lipinski definition) is 0. The largest absolute Gasteiger partial charge is 0.440 e. The Labute approximate surface area is 75.6 Å². The Bertz CT molecular complexity index is 282. The number of oxazole rings is 1. The van der Waals surface area contributed by atoms with Gasteiger partial charge in [-0.25, -0.2) is 4.98 Å². The maximum Gasteiger partial charge on any atom is 0.256 e. The van der Waals surface area contributed by atoms with Gasteiger partial charge in [-0.1, -0.05) is 11.8 Å². The average molecular weight is 185 g/mol. The molecule has 0 saturated carbocycles. The molecular formula is C8H11NO2S. The molecule has 1 unspecified atom stereocenters. The summed E-state index contributed by atoms with van der Waals surface area (Å²) in [5.74, 6) is 0.135. The highest BCUT2D eigenvalue weighted by molar-refractivity contribution is 8.00. The van der Waals surface area contributed by atoms with Crippen LogP contribution in [0.25, 0.3) is 0 Å². The molecule has 0 fully saturated rings. The lowest BCUT2D eigenvalue weighted by atomic mass is 10.3. The molecule has 12 heavy (non-hydrogen) atoms.